The molecule has 0 heterocycles. The second-order valence-corrected chi connectivity index (χ2v) is 3.22. The molecular weight excluding hydrogens is 158 g/mol. The lowest BCUT2D eigenvalue weighted by Gasteiger charge is -2.06. The maximum absolute atomic E-state index is 4.30. The maximum Gasteiger partial charge on any atom is 0.0642 e. The molecule has 0 rings (SSSR count). The minimum absolute atomic E-state index is 1.01. The van der Waals surface area contributed by atoms with Crippen LogP contribution >= 0.6 is 0 Å². The predicted octanol–water partition coefficient (Wildman–Crippen LogP) is 3.89. The predicted molar refractivity (Wildman–Crippen MR) is 61.1 cm³/mol. The summed E-state index contributed by atoms with van der Waals surface area (Å²) in [5.74, 6) is 0. The summed E-state index contributed by atoms with van der Waals surface area (Å²) in [4.78, 5) is 4.30. The van der Waals surface area contributed by atoms with Gasteiger partial charge in [-0.1, -0.05) is 38.2 Å². The van der Waals surface area contributed by atoms with Gasteiger partial charge in [0, 0.05) is 6.21 Å². The molecule has 1 heteroatoms. The van der Waals surface area contributed by atoms with Gasteiger partial charge < -0.3 is 0 Å². The van der Waals surface area contributed by atoms with Crippen LogP contribution in [0.25, 0.3) is 0 Å². The number of nitrogens with zero attached hydrogens (tertiary/aromatic N) is 1. The van der Waals surface area contributed by atoms with E-state index in [1.54, 1.807) is 12.3 Å². The van der Waals surface area contributed by atoms with Gasteiger partial charge in [0.25, 0.3) is 0 Å². The molecule has 0 amide bonds. The Bertz CT molecular complexity index is 240. The van der Waals surface area contributed by atoms with Crippen LogP contribution in [-0.4, -0.2) is 6.21 Å². The highest BCUT2D eigenvalue weighted by molar-refractivity contribution is 5.72. The molecule has 0 atom stereocenters. The number of hydrogen-bond acceptors (Lipinski definition) is 1. The van der Waals surface area contributed by atoms with Crippen LogP contribution in [0.3, 0.4) is 0 Å². The SMILES string of the molecule is C=C/C=N\C(C(=C)CCC)=C(C)C. The lowest BCUT2D eigenvalue weighted by Crippen LogP contribution is -1.88. The van der Waals surface area contributed by atoms with Crippen molar-refractivity contribution in [2.75, 3.05) is 0 Å². The Balaban J connectivity index is 4.63. The van der Waals surface area contributed by atoms with Crippen molar-refractivity contribution in [1.82, 2.24) is 0 Å². The Morgan fingerprint density at radius 3 is 2.38 bits per heavy atom. The first-order chi connectivity index (χ1) is 6.13. The summed E-state index contributed by atoms with van der Waals surface area (Å²) in [6.45, 7) is 13.9. The highest BCUT2D eigenvalue weighted by Gasteiger charge is 2.00. The summed E-state index contributed by atoms with van der Waals surface area (Å²) >= 11 is 0. The van der Waals surface area contributed by atoms with Gasteiger partial charge in [-0.05, 0) is 25.8 Å². The lowest BCUT2D eigenvalue weighted by atomic mass is 10.1. The van der Waals surface area contributed by atoms with Gasteiger partial charge >= 0.3 is 0 Å². The van der Waals surface area contributed by atoms with Gasteiger partial charge in [0.2, 0.25) is 0 Å². The molecule has 0 aromatic heterocycles. The normalized spacial score (nSPS) is 10.1. The minimum atomic E-state index is 1.01. The average Bonchev–Trinajstić information content (AvgIpc) is 2.05. The summed E-state index contributed by atoms with van der Waals surface area (Å²) in [7, 11) is 0. The van der Waals surface area contributed by atoms with Gasteiger partial charge in [-0.3, -0.25) is 4.99 Å². The largest absolute Gasteiger partial charge is 0.257 e. The van der Waals surface area contributed by atoms with Gasteiger partial charge in [0.05, 0.1) is 5.70 Å². The zero-order valence-corrected chi connectivity index (χ0v) is 8.93. The van der Waals surface area contributed by atoms with E-state index in [0.29, 0.717) is 0 Å². The first-order valence-electron chi connectivity index (χ1n) is 4.64. The van der Waals surface area contributed by atoms with Crippen molar-refractivity contribution in [3.8, 4) is 0 Å². The zero-order valence-electron chi connectivity index (χ0n) is 8.93. The Morgan fingerprint density at radius 2 is 2.00 bits per heavy atom. The highest BCUT2D eigenvalue weighted by Crippen LogP contribution is 2.18. The van der Waals surface area contributed by atoms with E-state index in [9.17, 15) is 0 Å². The third kappa shape index (κ3) is 4.46. The molecule has 0 aliphatic carbocycles. The number of rotatable bonds is 5. The fourth-order valence-electron chi connectivity index (χ4n) is 1.12. The first kappa shape index (κ1) is 11.9. The van der Waals surface area contributed by atoms with Gasteiger partial charge in [0.1, 0.15) is 0 Å². The van der Waals surface area contributed by atoms with Gasteiger partial charge in [-0.2, -0.15) is 0 Å². The molecule has 0 bridgehead atoms. The van der Waals surface area contributed by atoms with E-state index in [1.807, 2.05) is 0 Å². The van der Waals surface area contributed by atoms with E-state index in [4.69, 9.17) is 0 Å². The molecule has 1 nitrogen and oxygen atoms in total. The molecule has 0 unspecified atom stereocenters. The van der Waals surface area contributed by atoms with Crippen LogP contribution < -0.4 is 0 Å². The maximum atomic E-state index is 4.30. The molecule has 0 spiro atoms. The van der Waals surface area contributed by atoms with Crippen molar-refractivity contribution >= 4 is 6.21 Å². The smallest absolute Gasteiger partial charge is 0.0642 e. The van der Waals surface area contributed by atoms with Crippen molar-refractivity contribution in [2.45, 2.75) is 33.6 Å². The van der Waals surface area contributed by atoms with Gasteiger partial charge in [0.15, 0.2) is 0 Å². The van der Waals surface area contributed by atoms with Crippen molar-refractivity contribution in [3.05, 3.63) is 36.1 Å². The van der Waals surface area contributed by atoms with E-state index in [-0.39, 0.29) is 0 Å². The highest BCUT2D eigenvalue weighted by atomic mass is 14.7. The molecule has 0 radical (unpaired) electrons. The van der Waals surface area contributed by atoms with E-state index < -0.39 is 0 Å². The van der Waals surface area contributed by atoms with Crippen LogP contribution in [0.1, 0.15) is 33.6 Å². The van der Waals surface area contributed by atoms with Crippen LogP contribution in [0.5, 0.6) is 0 Å². The number of allylic oxidation sites excluding steroid dienone is 3. The Kier molecular flexibility index (Phi) is 5.86. The minimum Gasteiger partial charge on any atom is -0.257 e. The molecule has 72 valence electrons. The average molecular weight is 177 g/mol. The Labute approximate surface area is 81.6 Å². The number of aliphatic imine (C=N–C) groups is 1. The number of hydrogen-bond donors (Lipinski definition) is 0. The zero-order chi connectivity index (χ0) is 10.3. The van der Waals surface area contributed by atoms with Crippen LogP contribution in [0, 0.1) is 0 Å². The molecule has 0 fully saturated rings. The molecule has 0 aliphatic heterocycles. The van der Waals surface area contributed by atoms with E-state index in [1.165, 1.54) is 5.57 Å². The quantitative estimate of drug-likeness (QED) is 0.446. The summed E-state index contributed by atoms with van der Waals surface area (Å²) in [6, 6.07) is 0. The van der Waals surface area contributed by atoms with Crippen molar-refractivity contribution < 1.29 is 0 Å². The van der Waals surface area contributed by atoms with Crippen LogP contribution in [0.15, 0.2) is 41.1 Å². The van der Waals surface area contributed by atoms with Gasteiger partial charge in [-0.15, -0.1) is 0 Å². The van der Waals surface area contributed by atoms with E-state index in [2.05, 4.69) is 38.9 Å². The second kappa shape index (κ2) is 6.41. The van der Waals surface area contributed by atoms with Crippen molar-refractivity contribution in [3.63, 3.8) is 0 Å². The Morgan fingerprint density at radius 1 is 1.38 bits per heavy atom. The van der Waals surface area contributed by atoms with Crippen molar-refractivity contribution in [1.29, 1.82) is 0 Å². The third-order valence-electron chi connectivity index (χ3n) is 1.67. The summed E-state index contributed by atoms with van der Waals surface area (Å²) in [5, 5.41) is 0. The molecule has 0 N–H and O–H groups in total. The van der Waals surface area contributed by atoms with E-state index >= 15 is 0 Å². The van der Waals surface area contributed by atoms with Gasteiger partial charge in [-0.25, -0.2) is 0 Å². The second-order valence-electron chi connectivity index (χ2n) is 3.22. The third-order valence-corrected chi connectivity index (χ3v) is 1.67. The molecule has 0 saturated heterocycles. The lowest BCUT2D eigenvalue weighted by molar-refractivity contribution is 0.906. The van der Waals surface area contributed by atoms with Crippen LogP contribution in [-0.2, 0) is 0 Å². The standard InChI is InChI=1S/C12H19N/c1-6-8-11(5)12(10(3)4)13-9-7-2/h7,9H,2,5-6,8H2,1,3-4H3/b13-9-. The summed E-state index contributed by atoms with van der Waals surface area (Å²) < 4.78 is 0. The fourth-order valence-corrected chi connectivity index (χ4v) is 1.12. The molecule has 0 saturated carbocycles. The topological polar surface area (TPSA) is 12.4 Å². The van der Waals surface area contributed by atoms with Crippen LogP contribution in [0.4, 0.5) is 0 Å². The summed E-state index contributed by atoms with van der Waals surface area (Å²) in [5.41, 5.74) is 3.33. The molecule has 0 aliphatic rings. The monoisotopic (exact) mass is 177 g/mol. The molecule has 0 aromatic rings. The Hall–Kier alpha value is -1.11. The molecule has 13 heavy (non-hydrogen) atoms. The molecule has 0 aromatic carbocycles. The first-order valence-corrected chi connectivity index (χ1v) is 4.64. The van der Waals surface area contributed by atoms with E-state index in [0.717, 1.165) is 24.1 Å². The fraction of sp³-hybridized carbons (Fsp3) is 0.417. The molecular formula is C12H19N. The summed E-state index contributed by atoms with van der Waals surface area (Å²) in [6.07, 6.45) is 5.51. The van der Waals surface area contributed by atoms with Crippen molar-refractivity contribution in [2.24, 2.45) is 4.99 Å². The van der Waals surface area contributed by atoms with Crippen LogP contribution in [0.2, 0.25) is 0 Å².